The van der Waals surface area contributed by atoms with Crippen molar-refractivity contribution in [3.8, 4) is 10.4 Å². The number of aliphatic hydroxyl groups is 1. The van der Waals surface area contributed by atoms with Crippen molar-refractivity contribution in [1.82, 2.24) is 4.98 Å². The van der Waals surface area contributed by atoms with E-state index in [1.165, 1.54) is 11.3 Å². The van der Waals surface area contributed by atoms with Gasteiger partial charge in [-0.25, -0.2) is 4.98 Å². The number of aliphatic hydroxyl groups excluding tert-OH is 1. The van der Waals surface area contributed by atoms with E-state index in [2.05, 4.69) is 11.6 Å². The van der Waals surface area contributed by atoms with Crippen LogP contribution in [0.3, 0.4) is 0 Å². The molecular weight excluding hydrogens is 230 g/mol. The third-order valence-electron chi connectivity index (χ3n) is 1.91. The lowest BCUT2D eigenvalue weighted by Crippen LogP contribution is -1.84. The highest BCUT2D eigenvalue weighted by Gasteiger charge is 2.13. The second-order valence-corrected chi connectivity index (χ2v) is 4.54. The topological polar surface area (TPSA) is 33.1 Å². The van der Waals surface area contributed by atoms with Crippen LogP contribution in [-0.4, -0.2) is 10.1 Å². The Labute approximate surface area is 96.5 Å². The lowest BCUT2D eigenvalue weighted by Gasteiger charge is -1.99. The summed E-state index contributed by atoms with van der Waals surface area (Å²) in [6.45, 7) is 3.47. The molecule has 0 atom stereocenters. The molecule has 1 aromatic heterocycles. The number of aromatic nitrogens is 1. The van der Waals surface area contributed by atoms with E-state index >= 15 is 0 Å². The van der Waals surface area contributed by atoms with E-state index < -0.39 is 0 Å². The van der Waals surface area contributed by atoms with Gasteiger partial charge in [0.25, 0.3) is 0 Å². The Bertz CT molecular complexity index is 493. The van der Waals surface area contributed by atoms with E-state index in [1.807, 2.05) is 30.3 Å². The third kappa shape index (κ3) is 2.03. The molecule has 0 aliphatic carbocycles. The Kier molecular flexibility index (Phi) is 2.75. The van der Waals surface area contributed by atoms with Gasteiger partial charge in [0.15, 0.2) is 4.47 Å². The first-order chi connectivity index (χ1) is 7.18. The van der Waals surface area contributed by atoms with Crippen LogP contribution in [0.15, 0.2) is 36.9 Å². The van der Waals surface area contributed by atoms with E-state index in [9.17, 15) is 5.11 Å². The number of rotatable bonds is 2. The molecular formula is C11H8ClNOS. The minimum atomic E-state index is -0.0583. The molecule has 0 bridgehead atoms. The van der Waals surface area contributed by atoms with Gasteiger partial charge >= 0.3 is 0 Å². The molecule has 15 heavy (non-hydrogen) atoms. The number of thiazole rings is 1. The summed E-state index contributed by atoms with van der Waals surface area (Å²) in [5.74, 6) is -0.0583. The van der Waals surface area contributed by atoms with E-state index in [1.54, 1.807) is 0 Å². The van der Waals surface area contributed by atoms with Crippen LogP contribution in [0.25, 0.3) is 16.2 Å². The van der Waals surface area contributed by atoms with E-state index in [0.29, 0.717) is 10.2 Å². The molecule has 1 N–H and O–H groups in total. The molecule has 2 rings (SSSR count). The minimum Gasteiger partial charge on any atom is -0.506 e. The maximum atomic E-state index is 9.37. The molecule has 2 nitrogen and oxygen atoms in total. The standard InChI is InChI=1S/C11H8ClNOS/c1-7(14)9-10(15-11(12)13-9)8-5-3-2-4-6-8/h2-6,14H,1H2. The number of benzene rings is 1. The fraction of sp³-hybridized carbons (Fsp3) is 0. The van der Waals surface area contributed by atoms with Crippen molar-refractivity contribution in [2.24, 2.45) is 0 Å². The fourth-order valence-corrected chi connectivity index (χ4v) is 2.41. The molecule has 0 aliphatic rings. The zero-order valence-corrected chi connectivity index (χ0v) is 9.35. The van der Waals surface area contributed by atoms with Crippen molar-refractivity contribution in [3.05, 3.63) is 47.1 Å². The van der Waals surface area contributed by atoms with Crippen molar-refractivity contribution in [2.45, 2.75) is 0 Å². The molecule has 2 aromatic rings. The Morgan fingerprint density at radius 1 is 1.33 bits per heavy atom. The Morgan fingerprint density at radius 2 is 2.00 bits per heavy atom. The molecule has 0 unspecified atom stereocenters. The van der Waals surface area contributed by atoms with Crippen molar-refractivity contribution in [2.75, 3.05) is 0 Å². The lowest BCUT2D eigenvalue weighted by molar-refractivity contribution is 0.511. The number of hydrogen-bond acceptors (Lipinski definition) is 3. The third-order valence-corrected chi connectivity index (χ3v) is 3.12. The summed E-state index contributed by atoms with van der Waals surface area (Å²) < 4.78 is 0.402. The number of hydrogen-bond donors (Lipinski definition) is 1. The molecule has 0 fully saturated rings. The Hall–Kier alpha value is -1.32. The summed E-state index contributed by atoms with van der Waals surface area (Å²) in [5, 5.41) is 9.37. The van der Waals surface area contributed by atoms with Gasteiger partial charge in [-0.3, -0.25) is 0 Å². The summed E-state index contributed by atoms with van der Waals surface area (Å²) in [6.07, 6.45) is 0. The first-order valence-corrected chi connectivity index (χ1v) is 5.48. The zero-order valence-electron chi connectivity index (χ0n) is 7.77. The average Bonchev–Trinajstić information content (AvgIpc) is 2.62. The van der Waals surface area contributed by atoms with Crippen LogP contribution in [0.5, 0.6) is 0 Å². The maximum Gasteiger partial charge on any atom is 0.184 e. The van der Waals surface area contributed by atoms with Crippen LogP contribution < -0.4 is 0 Å². The summed E-state index contributed by atoms with van der Waals surface area (Å²) in [5.41, 5.74) is 1.43. The second-order valence-electron chi connectivity index (χ2n) is 2.96. The highest BCUT2D eigenvalue weighted by molar-refractivity contribution is 7.19. The molecule has 0 amide bonds. The summed E-state index contributed by atoms with van der Waals surface area (Å²) in [6, 6.07) is 9.66. The van der Waals surface area contributed by atoms with E-state index in [-0.39, 0.29) is 5.76 Å². The minimum absolute atomic E-state index is 0.0583. The quantitative estimate of drug-likeness (QED) is 0.801. The first kappa shape index (κ1) is 10.2. The normalized spacial score (nSPS) is 10.2. The Balaban J connectivity index is 2.58. The maximum absolute atomic E-state index is 9.37. The highest BCUT2D eigenvalue weighted by Crippen LogP contribution is 2.34. The van der Waals surface area contributed by atoms with Crippen molar-refractivity contribution in [3.63, 3.8) is 0 Å². The van der Waals surface area contributed by atoms with Crippen LogP contribution in [0.4, 0.5) is 0 Å². The molecule has 0 saturated heterocycles. The fourth-order valence-electron chi connectivity index (χ4n) is 1.27. The molecule has 76 valence electrons. The summed E-state index contributed by atoms with van der Waals surface area (Å²) in [7, 11) is 0. The first-order valence-electron chi connectivity index (χ1n) is 4.28. The predicted octanol–water partition coefficient (Wildman–Crippen LogP) is 3.99. The van der Waals surface area contributed by atoms with E-state index in [4.69, 9.17) is 11.6 Å². The monoisotopic (exact) mass is 237 g/mol. The van der Waals surface area contributed by atoms with Gasteiger partial charge in [-0.05, 0) is 5.56 Å². The lowest BCUT2D eigenvalue weighted by atomic mass is 10.1. The zero-order chi connectivity index (χ0) is 10.8. The Morgan fingerprint density at radius 3 is 2.60 bits per heavy atom. The summed E-state index contributed by atoms with van der Waals surface area (Å²) in [4.78, 5) is 4.86. The highest BCUT2D eigenvalue weighted by atomic mass is 35.5. The van der Waals surface area contributed by atoms with Crippen LogP contribution in [0.2, 0.25) is 4.47 Å². The largest absolute Gasteiger partial charge is 0.506 e. The van der Waals surface area contributed by atoms with E-state index in [0.717, 1.165) is 10.4 Å². The molecule has 1 aromatic carbocycles. The van der Waals surface area contributed by atoms with Gasteiger partial charge in [0.05, 0.1) is 4.88 Å². The number of nitrogens with zero attached hydrogens (tertiary/aromatic N) is 1. The number of halogens is 1. The molecule has 0 radical (unpaired) electrons. The predicted molar refractivity (Wildman–Crippen MR) is 64.2 cm³/mol. The van der Waals surface area contributed by atoms with Crippen molar-refractivity contribution in [1.29, 1.82) is 0 Å². The molecule has 0 aliphatic heterocycles. The van der Waals surface area contributed by atoms with Gasteiger partial charge in [0.2, 0.25) is 0 Å². The van der Waals surface area contributed by atoms with Crippen LogP contribution >= 0.6 is 22.9 Å². The van der Waals surface area contributed by atoms with Gasteiger partial charge in [0, 0.05) is 0 Å². The molecule has 4 heteroatoms. The van der Waals surface area contributed by atoms with Gasteiger partial charge in [-0.15, -0.1) is 11.3 Å². The molecule has 1 heterocycles. The van der Waals surface area contributed by atoms with Crippen LogP contribution in [-0.2, 0) is 0 Å². The smallest absolute Gasteiger partial charge is 0.184 e. The van der Waals surface area contributed by atoms with Crippen LogP contribution in [0.1, 0.15) is 5.69 Å². The van der Waals surface area contributed by atoms with Gasteiger partial charge in [-0.2, -0.15) is 0 Å². The van der Waals surface area contributed by atoms with Gasteiger partial charge < -0.3 is 5.11 Å². The molecule has 0 saturated carbocycles. The summed E-state index contributed by atoms with van der Waals surface area (Å²) >= 11 is 7.14. The van der Waals surface area contributed by atoms with Gasteiger partial charge in [-0.1, -0.05) is 48.5 Å². The van der Waals surface area contributed by atoms with Crippen molar-refractivity contribution < 1.29 is 5.11 Å². The van der Waals surface area contributed by atoms with Crippen LogP contribution in [0, 0.1) is 0 Å². The SMILES string of the molecule is C=C(O)c1nc(Cl)sc1-c1ccccc1. The van der Waals surface area contributed by atoms with Gasteiger partial charge in [0.1, 0.15) is 11.5 Å². The second kappa shape index (κ2) is 4.04. The van der Waals surface area contributed by atoms with Crippen molar-refractivity contribution >= 4 is 28.7 Å². The average molecular weight is 238 g/mol. The molecule has 0 spiro atoms.